The summed E-state index contributed by atoms with van der Waals surface area (Å²) in [5, 5.41) is 4.62. The van der Waals surface area contributed by atoms with E-state index in [0.717, 1.165) is 24.5 Å². The molecule has 0 aliphatic heterocycles. The van der Waals surface area contributed by atoms with E-state index in [9.17, 15) is 0 Å². The molecule has 0 aliphatic carbocycles. The topological polar surface area (TPSA) is 49.9 Å². The van der Waals surface area contributed by atoms with E-state index in [0.29, 0.717) is 0 Å². The largest absolute Gasteiger partial charge is 0.497 e. The van der Waals surface area contributed by atoms with Crippen molar-refractivity contribution in [1.82, 2.24) is 15.3 Å². The van der Waals surface area contributed by atoms with E-state index in [4.69, 9.17) is 4.74 Å². The van der Waals surface area contributed by atoms with Crippen molar-refractivity contribution in [2.45, 2.75) is 13.1 Å². The van der Waals surface area contributed by atoms with Gasteiger partial charge >= 0.3 is 0 Å². The highest BCUT2D eigenvalue weighted by Crippen LogP contribution is 2.15. The van der Waals surface area contributed by atoms with Crippen molar-refractivity contribution < 1.29 is 4.74 Å². The van der Waals surface area contributed by atoms with Gasteiger partial charge in [0.1, 0.15) is 11.4 Å². The maximum Gasteiger partial charge on any atom is 0.137 e. The van der Waals surface area contributed by atoms with Crippen LogP contribution in [0.4, 0.5) is 0 Å². The van der Waals surface area contributed by atoms with Gasteiger partial charge in [0.05, 0.1) is 7.11 Å². The van der Waals surface area contributed by atoms with Gasteiger partial charge in [-0.1, -0.05) is 12.1 Å². The molecule has 3 rings (SSSR count). The first-order valence-electron chi connectivity index (χ1n) is 6.61. The SMILES string of the molecule is COc1ccc(CNCc2c[nH]c3ncccc23)cc1. The third kappa shape index (κ3) is 2.65. The number of aromatic nitrogens is 2. The number of benzene rings is 1. The third-order valence-electron chi connectivity index (χ3n) is 3.34. The second-order valence-electron chi connectivity index (χ2n) is 4.67. The molecule has 1 aromatic carbocycles. The predicted molar refractivity (Wildman–Crippen MR) is 79.6 cm³/mol. The highest BCUT2D eigenvalue weighted by atomic mass is 16.5. The average molecular weight is 267 g/mol. The number of H-pyrrole nitrogens is 1. The van der Waals surface area contributed by atoms with Crippen LogP contribution < -0.4 is 10.1 Å². The molecule has 4 heteroatoms. The van der Waals surface area contributed by atoms with Crippen molar-refractivity contribution in [3.8, 4) is 5.75 Å². The van der Waals surface area contributed by atoms with Crippen LogP contribution >= 0.6 is 0 Å². The van der Waals surface area contributed by atoms with Gasteiger partial charge < -0.3 is 15.0 Å². The normalized spacial score (nSPS) is 10.8. The van der Waals surface area contributed by atoms with E-state index < -0.39 is 0 Å². The molecule has 0 atom stereocenters. The molecule has 0 fully saturated rings. The number of ether oxygens (including phenoxy) is 1. The summed E-state index contributed by atoms with van der Waals surface area (Å²) >= 11 is 0. The Morgan fingerprint density at radius 3 is 2.80 bits per heavy atom. The third-order valence-corrected chi connectivity index (χ3v) is 3.34. The van der Waals surface area contributed by atoms with Gasteiger partial charge in [-0.2, -0.15) is 0 Å². The number of hydrogen-bond donors (Lipinski definition) is 2. The lowest BCUT2D eigenvalue weighted by Crippen LogP contribution is -2.12. The molecule has 102 valence electrons. The summed E-state index contributed by atoms with van der Waals surface area (Å²) in [5.41, 5.74) is 3.42. The highest BCUT2D eigenvalue weighted by molar-refractivity contribution is 5.79. The number of hydrogen-bond acceptors (Lipinski definition) is 3. The minimum absolute atomic E-state index is 0.817. The van der Waals surface area contributed by atoms with Gasteiger partial charge in [-0.3, -0.25) is 0 Å². The first-order chi connectivity index (χ1) is 9.86. The summed E-state index contributed by atoms with van der Waals surface area (Å²) in [5.74, 6) is 0.886. The van der Waals surface area contributed by atoms with E-state index in [2.05, 4.69) is 33.5 Å². The minimum atomic E-state index is 0.817. The van der Waals surface area contributed by atoms with Crippen LogP contribution in [0.15, 0.2) is 48.8 Å². The second-order valence-corrected chi connectivity index (χ2v) is 4.67. The first-order valence-corrected chi connectivity index (χ1v) is 6.61. The van der Waals surface area contributed by atoms with Crippen LogP contribution in [0.5, 0.6) is 5.75 Å². The van der Waals surface area contributed by atoms with Crippen molar-refractivity contribution in [2.24, 2.45) is 0 Å². The standard InChI is InChI=1S/C16H17N3O/c1-20-14-6-4-12(5-7-14)9-17-10-13-11-19-16-15(13)3-2-8-18-16/h2-8,11,17H,9-10H2,1H3,(H,18,19). The molecule has 0 amide bonds. The Morgan fingerprint density at radius 1 is 1.15 bits per heavy atom. The number of aromatic amines is 1. The first kappa shape index (κ1) is 12.7. The second kappa shape index (κ2) is 5.75. The molecular formula is C16H17N3O. The lowest BCUT2D eigenvalue weighted by atomic mass is 10.2. The number of fused-ring (bicyclic) bond motifs is 1. The van der Waals surface area contributed by atoms with Crippen LogP contribution in [0.25, 0.3) is 11.0 Å². The molecule has 20 heavy (non-hydrogen) atoms. The minimum Gasteiger partial charge on any atom is -0.497 e. The van der Waals surface area contributed by atoms with E-state index >= 15 is 0 Å². The summed E-state index contributed by atoms with van der Waals surface area (Å²) in [6.45, 7) is 1.65. The van der Waals surface area contributed by atoms with Gasteiger partial charge in [0.25, 0.3) is 0 Å². The molecule has 4 nitrogen and oxygen atoms in total. The summed E-state index contributed by atoms with van der Waals surface area (Å²) in [6, 6.07) is 12.1. The fourth-order valence-electron chi connectivity index (χ4n) is 2.24. The van der Waals surface area contributed by atoms with Gasteiger partial charge in [-0.05, 0) is 35.4 Å². The van der Waals surface area contributed by atoms with Crippen molar-refractivity contribution in [2.75, 3.05) is 7.11 Å². The highest BCUT2D eigenvalue weighted by Gasteiger charge is 2.03. The zero-order valence-corrected chi connectivity index (χ0v) is 11.4. The average Bonchev–Trinajstić information content (AvgIpc) is 2.92. The Bertz CT molecular complexity index is 688. The molecule has 0 aliphatic rings. The van der Waals surface area contributed by atoms with Crippen LogP contribution in [0.2, 0.25) is 0 Å². The molecule has 0 saturated carbocycles. The molecular weight excluding hydrogens is 250 g/mol. The molecule has 0 spiro atoms. The van der Waals surface area contributed by atoms with Crippen molar-refractivity contribution in [1.29, 1.82) is 0 Å². The van der Waals surface area contributed by atoms with Gasteiger partial charge in [0.15, 0.2) is 0 Å². The molecule has 0 bridgehead atoms. The Kier molecular flexibility index (Phi) is 3.65. The summed E-state index contributed by atoms with van der Waals surface area (Å²) in [6.07, 6.45) is 3.81. The zero-order valence-electron chi connectivity index (χ0n) is 11.4. The molecule has 0 radical (unpaired) electrons. The molecule has 2 heterocycles. The van der Waals surface area contributed by atoms with Crippen molar-refractivity contribution in [3.63, 3.8) is 0 Å². The maximum atomic E-state index is 5.15. The molecule has 0 saturated heterocycles. The zero-order chi connectivity index (χ0) is 13.8. The molecule has 0 unspecified atom stereocenters. The fraction of sp³-hybridized carbons (Fsp3) is 0.188. The van der Waals surface area contributed by atoms with Crippen LogP contribution in [0.1, 0.15) is 11.1 Å². The number of pyridine rings is 1. The van der Waals surface area contributed by atoms with E-state index in [1.807, 2.05) is 24.4 Å². The maximum absolute atomic E-state index is 5.15. The number of nitrogens with one attached hydrogen (secondary N) is 2. The summed E-state index contributed by atoms with van der Waals surface area (Å²) in [7, 11) is 1.68. The Labute approximate surface area is 117 Å². The number of nitrogens with zero attached hydrogens (tertiary/aromatic N) is 1. The predicted octanol–water partition coefficient (Wildman–Crippen LogP) is 2.86. The Balaban J connectivity index is 1.62. The van der Waals surface area contributed by atoms with E-state index in [1.165, 1.54) is 16.5 Å². The van der Waals surface area contributed by atoms with E-state index in [1.54, 1.807) is 13.3 Å². The van der Waals surface area contributed by atoms with Gasteiger partial charge in [0, 0.05) is 30.9 Å². The lowest BCUT2D eigenvalue weighted by molar-refractivity contribution is 0.414. The van der Waals surface area contributed by atoms with Gasteiger partial charge in [0.2, 0.25) is 0 Å². The summed E-state index contributed by atoms with van der Waals surface area (Å²) in [4.78, 5) is 7.47. The molecule has 2 N–H and O–H groups in total. The number of methoxy groups -OCH3 is 1. The van der Waals surface area contributed by atoms with Gasteiger partial charge in [-0.25, -0.2) is 4.98 Å². The van der Waals surface area contributed by atoms with Crippen molar-refractivity contribution in [3.05, 3.63) is 59.9 Å². The summed E-state index contributed by atoms with van der Waals surface area (Å²) < 4.78 is 5.15. The van der Waals surface area contributed by atoms with Crippen LogP contribution in [0.3, 0.4) is 0 Å². The number of rotatable bonds is 5. The van der Waals surface area contributed by atoms with Gasteiger partial charge in [-0.15, -0.1) is 0 Å². The lowest BCUT2D eigenvalue weighted by Gasteiger charge is -2.05. The van der Waals surface area contributed by atoms with Crippen molar-refractivity contribution >= 4 is 11.0 Å². The molecule has 3 aromatic rings. The molecule has 2 aromatic heterocycles. The smallest absolute Gasteiger partial charge is 0.137 e. The van der Waals surface area contributed by atoms with Crippen LogP contribution in [0, 0.1) is 0 Å². The Morgan fingerprint density at radius 2 is 2.00 bits per heavy atom. The monoisotopic (exact) mass is 267 g/mol. The van der Waals surface area contributed by atoms with Crippen LogP contribution in [-0.4, -0.2) is 17.1 Å². The Hall–Kier alpha value is -2.33. The van der Waals surface area contributed by atoms with Crippen LogP contribution in [-0.2, 0) is 13.1 Å². The van der Waals surface area contributed by atoms with E-state index in [-0.39, 0.29) is 0 Å². The quantitative estimate of drug-likeness (QED) is 0.747. The fourth-order valence-corrected chi connectivity index (χ4v) is 2.24.